The Kier molecular flexibility index (Phi) is 2.91. The minimum Gasteiger partial charge on any atom is -0.286 e. The molecule has 1 atom stereocenters. The van der Waals surface area contributed by atoms with Crippen molar-refractivity contribution in [1.29, 1.82) is 0 Å². The second kappa shape index (κ2) is 3.95. The van der Waals surface area contributed by atoms with E-state index >= 15 is 0 Å². The lowest BCUT2D eigenvalue weighted by molar-refractivity contribution is -0.500. The molecule has 1 aromatic carbocycles. The SMILES string of the molecule is CC(C(=O)c1cccc(F)c1)[N+](=O)[O-]. The van der Waals surface area contributed by atoms with Gasteiger partial charge in [-0.25, -0.2) is 4.39 Å². The number of rotatable bonds is 3. The molecule has 0 amide bonds. The summed E-state index contributed by atoms with van der Waals surface area (Å²) in [4.78, 5) is 20.9. The molecule has 4 nitrogen and oxygen atoms in total. The first-order chi connectivity index (χ1) is 6.52. The number of benzene rings is 1. The molecule has 0 N–H and O–H groups in total. The summed E-state index contributed by atoms with van der Waals surface area (Å²) < 4.78 is 12.7. The molecule has 0 saturated heterocycles. The summed E-state index contributed by atoms with van der Waals surface area (Å²) >= 11 is 0. The maximum atomic E-state index is 12.7. The van der Waals surface area contributed by atoms with Crippen LogP contribution < -0.4 is 0 Å². The van der Waals surface area contributed by atoms with Crippen LogP contribution in [-0.2, 0) is 0 Å². The molecule has 0 aliphatic carbocycles. The highest BCUT2D eigenvalue weighted by molar-refractivity contribution is 5.98. The lowest BCUT2D eigenvalue weighted by Gasteiger charge is -2.02. The van der Waals surface area contributed by atoms with Crippen LogP contribution in [0.4, 0.5) is 4.39 Å². The Labute approximate surface area is 79.5 Å². The molecule has 74 valence electrons. The fraction of sp³-hybridized carbons (Fsp3) is 0.222. The van der Waals surface area contributed by atoms with Crippen molar-refractivity contribution in [2.75, 3.05) is 0 Å². The van der Waals surface area contributed by atoms with E-state index in [0.29, 0.717) is 0 Å². The molecule has 0 radical (unpaired) electrons. The second-order valence-electron chi connectivity index (χ2n) is 2.84. The summed E-state index contributed by atoms with van der Waals surface area (Å²) in [6.45, 7) is 1.17. The topological polar surface area (TPSA) is 60.2 Å². The third-order valence-electron chi connectivity index (χ3n) is 1.80. The average Bonchev–Trinajstić information content (AvgIpc) is 2.15. The molecule has 0 spiro atoms. The van der Waals surface area contributed by atoms with Crippen molar-refractivity contribution in [2.45, 2.75) is 13.0 Å². The second-order valence-corrected chi connectivity index (χ2v) is 2.84. The number of carbonyl (C=O) groups excluding carboxylic acids is 1. The van der Waals surface area contributed by atoms with Crippen molar-refractivity contribution >= 4 is 5.78 Å². The first-order valence-corrected chi connectivity index (χ1v) is 3.95. The van der Waals surface area contributed by atoms with Crippen LogP contribution in [0.15, 0.2) is 24.3 Å². The summed E-state index contributed by atoms with van der Waals surface area (Å²) in [7, 11) is 0. The smallest absolute Gasteiger partial charge is 0.272 e. The average molecular weight is 197 g/mol. The number of hydrogen-bond donors (Lipinski definition) is 0. The maximum absolute atomic E-state index is 12.7. The van der Waals surface area contributed by atoms with E-state index in [1.54, 1.807) is 0 Å². The fourth-order valence-corrected chi connectivity index (χ4v) is 0.979. The van der Waals surface area contributed by atoms with Crippen LogP contribution in [0.2, 0.25) is 0 Å². The molecule has 0 aliphatic heterocycles. The normalized spacial score (nSPS) is 12.1. The quantitative estimate of drug-likeness (QED) is 0.420. The predicted octanol–water partition coefficient (Wildman–Crippen LogP) is 1.67. The van der Waals surface area contributed by atoms with Gasteiger partial charge in [-0.15, -0.1) is 0 Å². The molecule has 0 saturated carbocycles. The molecule has 0 fully saturated rings. The van der Waals surface area contributed by atoms with Gasteiger partial charge in [0.1, 0.15) is 5.82 Å². The summed E-state index contributed by atoms with van der Waals surface area (Å²) in [6, 6.07) is 3.52. The van der Waals surface area contributed by atoms with E-state index in [1.165, 1.54) is 25.1 Å². The van der Waals surface area contributed by atoms with Crippen molar-refractivity contribution in [3.05, 3.63) is 45.8 Å². The molecule has 1 rings (SSSR count). The Morgan fingerprint density at radius 3 is 2.71 bits per heavy atom. The number of nitrogens with zero attached hydrogens (tertiary/aromatic N) is 1. The van der Waals surface area contributed by atoms with Crippen molar-refractivity contribution in [3.63, 3.8) is 0 Å². The highest BCUT2D eigenvalue weighted by Gasteiger charge is 2.24. The maximum Gasteiger partial charge on any atom is 0.272 e. The van der Waals surface area contributed by atoms with Crippen molar-refractivity contribution in [2.24, 2.45) is 0 Å². The minimum absolute atomic E-state index is 0.0224. The molecular formula is C9H8FNO3. The van der Waals surface area contributed by atoms with Gasteiger partial charge in [0.05, 0.1) is 0 Å². The van der Waals surface area contributed by atoms with E-state index in [0.717, 1.165) is 6.07 Å². The number of halogens is 1. The standard InChI is InChI=1S/C9H8FNO3/c1-6(11(13)14)9(12)7-3-2-4-8(10)5-7/h2-6H,1H3. The van der Waals surface area contributed by atoms with Crippen LogP contribution in [0.25, 0.3) is 0 Å². The molecule has 0 bridgehead atoms. The number of hydrogen-bond acceptors (Lipinski definition) is 3. The molecule has 1 unspecified atom stereocenters. The van der Waals surface area contributed by atoms with Crippen LogP contribution in [0.5, 0.6) is 0 Å². The number of nitro groups is 1. The summed E-state index contributed by atoms with van der Waals surface area (Å²) in [5.74, 6) is -1.26. The molecular weight excluding hydrogens is 189 g/mol. The van der Waals surface area contributed by atoms with E-state index in [-0.39, 0.29) is 5.56 Å². The predicted molar refractivity (Wildman–Crippen MR) is 47.2 cm³/mol. The molecule has 0 aliphatic rings. The first kappa shape index (κ1) is 10.3. The molecule has 0 heterocycles. The molecule has 5 heteroatoms. The van der Waals surface area contributed by atoms with E-state index in [9.17, 15) is 19.3 Å². The van der Waals surface area contributed by atoms with Crippen molar-refractivity contribution in [3.8, 4) is 0 Å². The van der Waals surface area contributed by atoms with Gasteiger partial charge < -0.3 is 0 Å². The zero-order valence-electron chi connectivity index (χ0n) is 7.44. The summed E-state index contributed by atoms with van der Waals surface area (Å²) in [6.07, 6.45) is 0. The van der Waals surface area contributed by atoms with Crippen LogP contribution in [-0.4, -0.2) is 16.7 Å². The highest BCUT2D eigenvalue weighted by atomic mass is 19.1. The van der Waals surface area contributed by atoms with E-state index in [2.05, 4.69) is 0 Å². The largest absolute Gasteiger partial charge is 0.286 e. The summed E-state index contributed by atoms with van der Waals surface area (Å²) in [5.41, 5.74) is 0.0224. The van der Waals surface area contributed by atoms with E-state index in [1.807, 2.05) is 0 Å². The monoisotopic (exact) mass is 197 g/mol. The van der Waals surface area contributed by atoms with E-state index in [4.69, 9.17) is 0 Å². The first-order valence-electron chi connectivity index (χ1n) is 3.95. The van der Waals surface area contributed by atoms with Gasteiger partial charge >= 0.3 is 0 Å². The van der Waals surface area contributed by atoms with Crippen molar-refractivity contribution in [1.82, 2.24) is 0 Å². The van der Waals surface area contributed by atoms with Gasteiger partial charge in [0.15, 0.2) is 0 Å². The van der Waals surface area contributed by atoms with Gasteiger partial charge in [0.2, 0.25) is 5.78 Å². The third kappa shape index (κ3) is 2.12. The Bertz CT molecular complexity index is 378. The number of carbonyl (C=O) groups is 1. The minimum atomic E-state index is -1.34. The third-order valence-corrected chi connectivity index (χ3v) is 1.80. The van der Waals surface area contributed by atoms with Gasteiger partial charge in [-0.1, -0.05) is 12.1 Å². The van der Waals surface area contributed by atoms with Gasteiger partial charge in [-0.3, -0.25) is 14.9 Å². The van der Waals surface area contributed by atoms with E-state index < -0.39 is 22.6 Å². The summed E-state index contributed by atoms with van der Waals surface area (Å²) in [5, 5.41) is 10.3. The van der Waals surface area contributed by atoms with Crippen LogP contribution >= 0.6 is 0 Å². The Morgan fingerprint density at radius 1 is 1.57 bits per heavy atom. The van der Waals surface area contributed by atoms with Gasteiger partial charge in [-0.2, -0.15) is 0 Å². The highest BCUT2D eigenvalue weighted by Crippen LogP contribution is 2.07. The molecule has 14 heavy (non-hydrogen) atoms. The number of Topliss-reactive ketones (excluding diaryl/α,β-unsaturated/α-hetero) is 1. The lowest BCUT2D eigenvalue weighted by Crippen LogP contribution is -2.26. The van der Waals surface area contributed by atoms with Crippen LogP contribution in [0.3, 0.4) is 0 Å². The zero-order chi connectivity index (χ0) is 10.7. The van der Waals surface area contributed by atoms with Crippen LogP contribution in [0, 0.1) is 15.9 Å². The molecule has 1 aromatic rings. The number of ketones is 1. The van der Waals surface area contributed by atoms with Gasteiger partial charge in [0.25, 0.3) is 6.04 Å². The fourth-order valence-electron chi connectivity index (χ4n) is 0.979. The van der Waals surface area contributed by atoms with Gasteiger partial charge in [-0.05, 0) is 12.1 Å². The molecule has 0 aromatic heterocycles. The van der Waals surface area contributed by atoms with Crippen molar-refractivity contribution < 1.29 is 14.1 Å². The lowest BCUT2D eigenvalue weighted by atomic mass is 10.1. The Balaban J connectivity index is 2.95. The van der Waals surface area contributed by atoms with Crippen LogP contribution in [0.1, 0.15) is 17.3 Å². The Hall–Kier alpha value is -1.78. The zero-order valence-corrected chi connectivity index (χ0v) is 7.44. The Morgan fingerprint density at radius 2 is 2.21 bits per heavy atom. The van der Waals surface area contributed by atoms with Gasteiger partial charge in [0, 0.05) is 17.4 Å².